The van der Waals surface area contributed by atoms with Gasteiger partial charge in [-0.1, -0.05) is 122 Å². The van der Waals surface area contributed by atoms with Gasteiger partial charge in [0, 0.05) is 0 Å². The molecule has 0 nitrogen and oxygen atoms in total. The first-order chi connectivity index (χ1) is 14.8. The lowest BCUT2D eigenvalue weighted by Gasteiger charge is -2.14. The first-order valence-corrected chi connectivity index (χ1v) is 10.8. The minimum absolute atomic E-state index is 0.520. The summed E-state index contributed by atoms with van der Waals surface area (Å²) in [5.74, 6) is 0.520. The third kappa shape index (κ3) is 3.62. The Morgan fingerprint density at radius 3 is 1.80 bits per heavy atom. The molecule has 1 aliphatic carbocycles. The predicted molar refractivity (Wildman–Crippen MR) is 128 cm³/mol. The van der Waals surface area contributed by atoms with Gasteiger partial charge in [0.15, 0.2) is 0 Å². The van der Waals surface area contributed by atoms with Crippen molar-refractivity contribution in [1.82, 2.24) is 0 Å². The first-order valence-electron chi connectivity index (χ1n) is 10.8. The summed E-state index contributed by atoms with van der Waals surface area (Å²) in [6.45, 7) is 2.34. The van der Waals surface area contributed by atoms with E-state index in [4.69, 9.17) is 0 Å². The molecule has 0 aliphatic heterocycles. The Labute approximate surface area is 179 Å². The summed E-state index contributed by atoms with van der Waals surface area (Å²) >= 11 is 0. The lowest BCUT2D eigenvalue weighted by molar-refractivity contribution is 0.744. The third-order valence-corrected chi connectivity index (χ3v) is 6.22. The van der Waals surface area contributed by atoms with Crippen molar-refractivity contribution >= 4 is 6.08 Å². The molecule has 0 heterocycles. The zero-order valence-corrected chi connectivity index (χ0v) is 17.4. The average Bonchev–Trinajstić information content (AvgIpc) is 3.23. The number of fused-ring (bicyclic) bond motifs is 1. The van der Waals surface area contributed by atoms with Gasteiger partial charge in [0.1, 0.15) is 0 Å². The smallest absolute Gasteiger partial charge is 0.00512 e. The van der Waals surface area contributed by atoms with Crippen molar-refractivity contribution in [2.24, 2.45) is 0 Å². The van der Waals surface area contributed by atoms with Crippen LogP contribution in [0.25, 0.3) is 28.3 Å². The van der Waals surface area contributed by atoms with Gasteiger partial charge in [-0.3, -0.25) is 0 Å². The van der Waals surface area contributed by atoms with Crippen molar-refractivity contribution < 1.29 is 0 Å². The van der Waals surface area contributed by atoms with Crippen molar-refractivity contribution in [3.05, 3.63) is 125 Å². The molecule has 0 aromatic heterocycles. The topological polar surface area (TPSA) is 0 Å². The lowest BCUT2D eigenvalue weighted by Crippen LogP contribution is -1.97. The molecule has 0 heteroatoms. The normalized spacial score (nSPS) is 13.6. The molecular weight excluding hydrogens is 360 g/mol. The highest BCUT2D eigenvalue weighted by molar-refractivity contribution is 5.87. The summed E-state index contributed by atoms with van der Waals surface area (Å²) in [5.41, 5.74) is 11.1. The van der Waals surface area contributed by atoms with E-state index in [9.17, 15) is 0 Å². The van der Waals surface area contributed by atoms with E-state index in [2.05, 4.69) is 116 Å². The van der Waals surface area contributed by atoms with Crippen molar-refractivity contribution in [3.63, 3.8) is 0 Å². The second-order valence-electron chi connectivity index (χ2n) is 8.28. The number of hydrogen-bond donors (Lipinski definition) is 0. The maximum atomic E-state index is 2.46. The second-order valence-corrected chi connectivity index (χ2v) is 8.28. The molecule has 1 aliphatic rings. The fraction of sp³-hybridized carbons (Fsp3) is 0.133. The van der Waals surface area contributed by atoms with Crippen LogP contribution < -0.4 is 0 Å². The molecule has 0 bridgehead atoms. The largest absolute Gasteiger partial charge is 0.0646 e. The average molecular weight is 387 g/mol. The Morgan fingerprint density at radius 1 is 0.633 bits per heavy atom. The Bertz CT molecular complexity index is 1170. The molecule has 0 radical (unpaired) electrons. The van der Waals surface area contributed by atoms with E-state index in [0.717, 1.165) is 12.8 Å². The quantitative estimate of drug-likeness (QED) is 0.324. The van der Waals surface area contributed by atoms with Crippen LogP contribution in [-0.4, -0.2) is 0 Å². The molecule has 0 saturated carbocycles. The molecule has 0 fully saturated rings. The highest BCUT2D eigenvalue weighted by Crippen LogP contribution is 2.42. The minimum Gasteiger partial charge on any atom is -0.0646 e. The summed E-state index contributed by atoms with van der Waals surface area (Å²) in [6, 6.07) is 37.1. The first kappa shape index (κ1) is 18.6. The predicted octanol–water partition coefficient (Wildman–Crippen LogP) is 8.15. The van der Waals surface area contributed by atoms with E-state index in [1.807, 2.05) is 0 Å². The van der Waals surface area contributed by atoms with Crippen molar-refractivity contribution in [2.75, 3.05) is 0 Å². The van der Waals surface area contributed by atoms with Gasteiger partial charge < -0.3 is 0 Å². The van der Waals surface area contributed by atoms with Crippen LogP contribution in [0.3, 0.4) is 0 Å². The minimum atomic E-state index is 0.520. The van der Waals surface area contributed by atoms with Crippen LogP contribution in [0.1, 0.15) is 36.0 Å². The Kier molecular flexibility index (Phi) is 5.07. The zero-order valence-electron chi connectivity index (χ0n) is 17.4. The number of benzene rings is 4. The second kappa shape index (κ2) is 8.16. The summed E-state index contributed by atoms with van der Waals surface area (Å²) in [7, 11) is 0. The van der Waals surface area contributed by atoms with Crippen LogP contribution in [0.15, 0.2) is 109 Å². The molecule has 30 heavy (non-hydrogen) atoms. The van der Waals surface area contributed by atoms with Crippen LogP contribution in [0, 0.1) is 0 Å². The summed E-state index contributed by atoms with van der Waals surface area (Å²) in [6.07, 6.45) is 4.60. The molecule has 1 unspecified atom stereocenters. The van der Waals surface area contributed by atoms with Gasteiger partial charge in [0.2, 0.25) is 0 Å². The molecule has 5 rings (SSSR count). The van der Waals surface area contributed by atoms with E-state index in [1.54, 1.807) is 0 Å². The van der Waals surface area contributed by atoms with Gasteiger partial charge in [-0.05, 0) is 57.7 Å². The number of rotatable bonds is 5. The Morgan fingerprint density at radius 2 is 1.17 bits per heavy atom. The highest BCUT2D eigenvalue weighted by Gasteiger charge is 2.22. The molecule has 0 N–H and O–H groups in total. The van der Waals surface area contributed by atoms with Gasteiger partial charge in [-0.25, -0.2) is 0 Å². The maximum absolute atomic E-state index is 2.46. The molecule has 0 amide bonds. The van der Waals surface area contributed by atoms with Crippen LogP contribution in [0.5, 0.6) is 0 Å². The van der Waals surface area contributed by atoms with Crippen LogP contribution in [-0.2, 0) is 6.42 Å². The standard InChI is InChI=1S/C30H26/c1-22(24-11-5-2-6-12-24)19-23-20-29-27(25-13-7-3-8-14-25)17-18-28(30(29)21-23)26-15-9-4-10-16-26/h2-18,20,22H,19,21H2,1H3. The molecule has 0 spiro atoms. The molecule has 4 aromatic carbocycles. The number of hydrogen-bond acceptors (Lipinski definition) is 0. The molecule has 4 aromatic rings. The molecule has 1 atom stereocenters. The van der Waals surface area contributed by atoms with Gasteiger partial charge >= 0.3 is 0 Å². The third-order valence-electron chi connectivity index (χ3n) is 6.22. The molecule has 0 saturated heterocycles. The van der Waals surface area contributed by atoms with E-state index in [-0.39, 0.29) is 0 Å². The monoisotopic (exact) mass is 386 g/mol. The van der Waals surface area contributed by atoms with Crippen LogP contribution in [0.2, 0.25) is 0 Å². The fourth-order valence-electron chi connectivity index (χ4n) is 4.68. The highest BCUT2D eigenvalue weighted by atomic mass is 14.3. The van der Waals surface area contributed by atoms with E-state index >= 15 is 0 Å². The van der Waals surface area contributed by atoms with Gasteiger partial charge in [0.05, 0.1) is 0 Å². The van der Waals surface area contributed by atoms with Gasteiger partial charge in [0.25, 0.3) is 0 Å². The van der Waals surface area contributed by atoms with E-state index in [1.165, 1.54) is 44.5 Å². The van der Waals surface area contributed by atoms with E-state index < -0.39 is 0 Å². The van der Waals surface area contributed by atoms with Crippen LogP contribution in [0.4, 0.5) is 0 Å². The maximum Gasteiger partial charge on any atom is -0.00512 e. The fourth-order valence-corrected chi connectivity index (χ4v) is 4.68. The summed E-state index contributed by atoms with van der Waals surface area (Å²) in [4.78, 5) is 0. The van der Waals surface area contributed by atoms with Crippen molar-refractivity contribution in [3.8, 4) is 22.3 Å². The Hall–Kier alpha value is -3.38. The summed E-state index contributed by atoms with van der Waals surface area (Å²) in [5, 5.41) is 0. The van der Waals surface area contributed by atoms with Crippen LogP contribution >= 0.6 is 0 Å². The SMILES string of the molecule is CC(CC1=Cc2c(-c3ccccc3)ccc(-c3ccccc3)c2C1)c1ccccc1. The molecule has 146 valence electrons. The van der Waals surface area contributed by atoms with Crippen molar-refractivity contribution in [1.29, 1.82) is 0 Å². The van der Waals surface area contributed by atoms with E-state index in [0.29, 0.717) is 5.92 Å². The van der Waals surface area contributed by atoms with Gasteiger partial charge in [-0.15, -0.1) is 0 Å². The zero-order chi connectivity index (χ0) is 20.3. The lowest BCUT2D eigenvalue weighted by atomic mass is 9.89. The number of allylic oxidation sites excluding steroid dienone is 1. The van der Waals surface area contributed by atoms with Gasteiger partial charge in [-0.2, -0.15) is 0 Å². The molecular formula is C30H26. The Balaban J connectivity index is 1.55. The van der Waals surface area contributed by atoms with Crippen molar-refractivity contribution in [2.45, 2.75) is 25.7 Å². The summed E-state index contributed by atoms with van der Waals surface area (Å²) < 4.78 is 0.